The van der Waals surface area contributed by atoms with Crippen molar-refractivity contribution in [2.45, 2.75) is 39.2 Å². The van der Waals surface area contributed by atoms with Crippen molar-refractivity contribution in [1.29, 1.82) is 0 Å². The third-order valence-corrected chi connectivity index (χ3v) is 5.30. The first-order chi connectivity index (χ1) is 12.0. The van der Waals surface area contributed by atoms with Crippen LogP contribution in [0.3, 0.4) is 0 Å². The fourth-order valence-corrected chi connectivity index (χ4v) is 3.85. The Hall–Kier alpha value is -1.82. The van der Waals surface area contributed by atoms with Crippen molar-refractivity contribution in [2.75, 3.05) is 42.3 Å². The lowest BCUT2D eigenvalue weighted by Gasteiger charge is -2.34. The van der Waals surface area contributed by atoms with Crippen LogP contribution in [0.5, 0.6) is 0 Å². The Morgan fingerprint density at radius 1 is 1.20 bits per heavy atom. The minimum atomic E-state index is 0.497. The van der Waals surface area contributed by atoms with E-state index in [2.05, 4.69) is 76.7 Å². The standard InChI is InChI=1S/C19H29N5S/c1-14(2)13-18-21-19(25-22-18)20-15-9-11-24(12-10-15)17-7-5-16(6-8-17)23(3)4/h5-8,14-15H,9-13H2,1-4H3,(H,20,21,22). The summed E-state index contributed by atoms with van der Waals surface area (Å²) in [7, 11) is 4.15. The number of nitrogens with zero attached hydrogens (tertiary/aromatic N) is 4. The highest BCUT2D eigenvalue weighted by Gasteiger charge is 2.20. The van der Waals surface area contributed by atoms with Gasteiger partial charge in [-0.3, -0.25) is 0 Å². The molecule has 136 valence electrons. The van der Waals surface area contributed by atoms with Gasteiger partial charge in [0.2, 0.25) is 5.13 Å². The number of benzene rings is 1. The van der Waals surface area contributed by atoms with Gasteiger partial charge in [-0.2, -0.15) is 4.37 Å². The van der Waals surface area contributed by atoms with Crippen molar-refractivity contribution in [3.63, 3.8) is 0 Å². The summed E-state index contributed by atoms with van der Waals surface area (Å²) in [5.74, 6) is 1.57. The Labute approximate surface area is 155 Å². The topological polar surface area (TPSA) is 44.3 Å². The Morgan fingerprint density at radius 3 is 2.48 bits per heavy atom. The molecule has 3 rings (SSSR count). The first-order valence-corrected chi connectivity index (χ1v) is 9.90. The summed E-state index contributed by atoms with van der Waals surface area (Å²) < 4.78 is 4.46. The zero-order chi connectivity index (χ0) is 17.8. The minimum absolute atomic E-state index is 0.497. The maximum atomic E-state index is 4.63. The lowest BCUT2D eigenvalue weighted by Crippen LogP contribution is -2.39. The van der Waals surface area contributed by atoms with Crippen LogP contribution in [0.1, 0.15) is 32.5 Å². The van der Waals surface area contributed by atoms with Crippen LogP contribution in [0.25, 0.3) is 0 Å². The number of hydrogen-bond acceptors (Lipinski definition) is 6. The van der Waals surface area contributed by atoms with E-state index < -0.39 is 0 Å². The third kappa shape index (κ3) is 4.84. The number of anilines is 3. The highest BCUT2D eigenvalue weighted by Crippen LogP contribution is 2.25. The lowest BCUT2D eigenvalue weighted by atomic mass is 10.0. The normalized spacial score (nSPS) is 15.6. The predicted molar refractivity (Wildman–Crippen MR) is 108 cm³/mol. The average Bonchev–Trinajstić information content (AvgIpc) is 3.02. The van der Waals surface area contributed by atoms with Gasteiger partial charge in [0, 0.05) is 62.6 Å². The molecule has 0 saturated carbocycles. The van der Waals surface area contributed by atoms with E-state index in [0.717, 1.165) is 43.3 Å². The Balaban J connectivity index is 1.50. The van der Waals surface area contributed by atoms with Crippen molar-refractivity contribution in [3.05, 3.63) is 30.1 Å². The minimum Gasteiger partial charge on any atom is -0.378 e. The molecule has 0 bridgehead atoms. The number of rotatable bonds is 6. The number of piperidine rings is 1. The van der Waals surface area contributed by atoms with E-state index in [1.807, 2.05) is 0 Å². The number of hydrogen-bond donors (Lipinski definition) is 1. The molecule has 5 nitrogen and oxygen atoms in total. The molecule has 0 atom stereocenters. The van der Waals surface area contributed by atoms with Crippen LogP contribution in [0.4, 0.5) is 16.5 Å². The molecule has 0 aliphatic carbocycles. The molecule has 1 aliphatic heterocycles. The summed E-state index contributed by atoms with van der Waals surface area (Å²) in [6.45, 7) is 6.57. The molecular weight excluding hydrogens is 330 g/mol. The van der Waals surface area contributed by atoms with Crippen LogP contribution < -0.4 is 15.1 Å². The molecule has 25 heavy (non-hydrogen) atoms. The average molecular weight is 360 g/mol. The highest BCUT2D eigenvalue weighted by atomic mass is 32.1. The molecule has 0 amide bonds. The fourth-order valence-electron chi connectivity index (χ4n) is 3.18. The van der Waals surface area contributed by atoms with Crippen LogP contribution >= 0.6 is 11.5 Å². The summed E-state index contributed by atoms with van der Waals surface area (Å²) in [5, 5.41) is 4.56. The van der Waals surface area contributed by atoms with Gasteiger partial charge < -0.3 is 15.1 Å². The lowest BCUT2D eigenvalue weighted by molar-refractivity contribution is 0.526. The van der Waals surface area contributed by atoms with Crippen molar-refractivity contribution >= 4 is 28.0 Å². The zero-order valence-electron chi connectivity index (χ0n) is 15.7. The van der Waals surface area contributed by atoms with Crippen molar-refractivity contribution in [2.24, 2.45) is 5.92 Å². The summed E-state index contributed by atoms with van der Waals surface area (Å²) >= 11 is 1.50. The van der Waals surface area contributed by atoms with Gasteiger partial charge >= 0.3 is 0 Å². The van der Waals surface area contributed by atoms with Gasteiger partial charge in [-0.05, 0) is 43.0 Å². The Morgan fingerprint density at radius 2 is 1.88 bits per heavy atom. The molecule has 1 N–H and O–H groups in total. The third-order valence-electron chi connectivity index (χ3n) is 4.61. The SMILES string of the molecule is CC(C)Cc1nsc(NC2CCN(c3ccc(N(C)C)cc3)CC2)n1. The second kappa shape index (κ2) is 8.04. The number of aromatic nitrogens is 2. The summed E-state index contributed by atoms with van der Waals surface area (Å²) in [6, 6.07) is 9.34. The quantitative estimate of drug-likeness (QED) is 0.848. The largest absolute Gasteiger partial charge is 0.378 e. The van der Waals surface area contributed by atoms with Gasteiger partial charge in [0.05, 0.1) is 0 Å². The van der Waals surface area contributed by atoms with Crippen LogP contribution in [0.2, 0.25) is 0 Å². The summed E-state index contributed by atoms with van der Waals surface area (Å²) in [5.41, 5.74) is 2.56. The van der Waals surface area contributed by atoms with Crippen LogP contribution in [0, 0.1) is 5.92 Å². The van der Waals surface area contributed by atoms with Crippen molar-refractivity contribution in [1.82, 2.24) is 9.36 Å². The Kier molecular flexibility index (Phi) is 5.78. The van der Waals surface area contributed by atoms with E-state index in [1.54, 1.807) is 0 Å². The molecule has 0 radical (unpaired) electrons. The summed E-state index contributed by atoms with van der Waals surface area (Å²) in [4.78, 5) is 9.23. The first kappa shape index (κ1) is 18.0. The van der Waals surface area contributed by atoms with Gasteiger partial charge in [0.25, 0.3) is 0 Å². The maximum Gasteiger partial charge on any atom is 0.202 e. The van der Waals surface area contributed by atoms with Gasteiger partial charge in [-0.1, -0.05) is 13.8 Å². The molecule has 1 aromatic carbocycles. The maximum absolute atomic E-state index is 4.63. The van der Waals surface area contributed by atoms with Gasteiger partial charge in [0.15, 0.2) is 0 Å². The monoisotopic (exact) mass is 359 g/mol. The van der Waals surface area contributed by atoms with Gasteiger partial charge in [0.1, 0.15) is 5.82 Å². The second-order valence-corrected chi connectivity index (χ2v) is 8.18. The van der Waals surface area contributed by atoms with Crippen LogP contribution in [-0.4, -0.2) is 42.6 Å². The summed E-state index contributed by atoms with van der Waals surface area (Å²) in [6.07, 6.45) is 3.22. The molecule has 0 spiro atoms. The predicted octanol–water partition coefficient (Wildman–Crippen LogP) is 3.88. The number of nitrogens with one attached hydrogen (secondary N) is 1. The smallest absolute Gasteiger partial charge is 0.202 e. The molecule has 1 saturated heterocycles. The van der Waals surface area contributed by atoms with E-state index in [1.165, 1.54) is 22.9 Å². The van der Waals surface area contributed by atoms with E-state index in [9.17, 15) is 0 Å². The second-order valence-electron chi connectivity index (χ2n) is 7.43. The van der Waals surface area contributed by atoms with Crippen molar-refractivity contribution < 1.29 is 0 Å². The van der Waals surface area contributed by atoms with Crippen molar-refractivity contribution in [3.8, 4) is 0 Å². The molecule has 1 aromatic heterocycles. The molecule has 2 heterocycles. The van der Waals surface area contributed by atoms with Gasteiger partial charge in [-0.25, -0.2) is 4.98 Å². The van der Waals surface area contributed by atoms with Crippen LogP contribution in [0.15, 0.2) is 24.3 Å². The molecule has 1 fully saturated rings. The van der Waals surface area contributed by atoms with E-state index >= 15 is 0 Å². The Bertz CT molecular complexity index is 657. The fraction of sp³-hybridized carbons (Fsp3) is 0.579. The zero-order valence-corrected chi connectivity index (χ0v) is 16.5. The molecule has 6 heteroatoms. The molecule has 1 aliphatic rings. The molecule has 2 aromatic rings. The van der Waals surface area contributed by atoms with Gasteiger partial charge in [-0.15, -0.1) is 0 Å². The van der Waals surface area contributed by atoms with E-state index in [-0.39, 0.29) is 0 Å². The van der Waals surface area contributed by atoms with Crippen LogP contribution in [-0.2, 0) is 6.42 Å². The molecule has 0 unspecified atom stereocenters. The van der Waals surface area contributed by atoms with E-state index in [4.69, 9.17) is 0 Å². The highest BCUT2D eigenvalue weighted by molar-refractivity contribution is 7.09. The molecular formula is C19H29N5S. The van der Waals surface area contributed by atoms with E-state index in [0.29, 0.717) is 12.0 Å². The first-order valence-electron chi connectivity index (χ1n) is 9.12.